The van der Waals surface area contributed by atoms with Gasteiger partial charge in [-0.1, -0.05) is 15.9 Å². The molecule has 0 atom stereocenters. The summed E-state index contributed by atoms with van der Waals surface area (Å²) < 4.78 is 1.91. The van der Waals surface area contributed by atoms with E-state index in [-0.39, 0.29) is 12.5 Å². The molecule has 0 aliphatic rings. The lowest BCUT2D eigenvalue weighted by molar-refractivity contribution is -0.137. The Hall–Kier alpha value is -2.35. The van der Waals surface area contributed by atoms with Gasteiger partial charge in [-0.05, 0) is 18.2 Å². The number of hydrogen-bond acceptors (Lipinski definition) is 4. The molecule has 1 heterocycles. The monoisotopic (exact) mass is 338 g/mol. The Labute approximate surface area is 122 Å². The summed E-state index contributed by atoms with van der Waals surface area (Å²) in [6.45, 7) is -0.264. The van der Waals surface area contributed by atoms with Crippen molar-refractivity contribution in [3.05, 3.63) is 40.6 Å². The number of hydrogen-bond donors (Lipinski definition) is 3. The Balaban J connectivity index is 2.11. The molecule has 0 saturated carbocycles. The molecule has 0 radical (unpaired) electrons. The quantitative estimate of drug-likeness (QED) is 0.733. The minimum absolute atomic E-state index is 0.264. The van der Waals surface area contributed by atoms with Gasteiger partial charge in [-0.15, -0.1) is 0 Å². The molecule has 2 rings (SSSR count). The number of amides is 1. The number of carboxylic acids is 1. The third-order valence-corrected chi connectivity index (χ3v) is 2.83. The van der Waals surface area contributed by atoms with Crippen molar-refractivity contribution in [3.63, 3.8) is 0 Å². The third kappa shape index (κ3) is 3.58. The molecule has 0 aliphatic carbocycles. The van der Waals surface area contributed by atoms with Crippen LogP contribution >= 0.6 is 15.9 Å². The predicted molar refractivity (Wildman–Crippen MR) is 76.4 cm³/mol. The number of halogens is 1. The molecule has 4 N–H and O–H groups in total. The highest BCUT2D eigenvalue weighted by Gasteiger charge is 2.10. The molecule has 0 fully saturated rings. The molecule has 0 unspecified atom stereocenters. The number of aromatic nitrogens is 2. The average Bonchev–Trinajstić information content (AvgIpc) is 2.74. The SMILES string of the molecule is Nc1cc(Br)cc(C(=O)Nc2cnn(CC(=O)O)c2)c1. The Bertz CT molecular complexity index is 648. The van der Waals surface area contributed by atoms with Crippen LogP contribution in [0, 0.1) is 0 Å². The van der Waals surface area contributed by atoms with Gasteiger partial charge in [0.25, 0.3) is 5.91 Å². The number of nitrogens with zero attached hydrogens (tertiary/aromatic N) is 2. The van der Waals surface area contributed by atoms with Gasteiger partial charge in [0.2, 0.25) is 0 Å². The van der Waals surface area contributed by atoms with Crippen LogP contribution in [0.15, 0.2) is 35.1 Å². The zero-order valence-corrected chi connectivity index (χ0v) is 11.8. The molecule has 0 saturated heterocycles. The Kier molecular flexibility index (Phi) is 4.04. The second-order valence-electron chi connectivity index (χ2n) is 4.05. The van der Waals surface area contributed by atoms with Crippen molar-refractivity contribution in [2.24, 2.45) is 0 Å². The van der Waals surface area contributed by atoms with Gasteiger partial charge in [0, 0.05) is 21.9 Å². The summed E-state index contributed by atoms with van der Waals surface area (Å²) in [7, 11) is 0. The van der Waals surface area contributed by atoms with Crippen molar-refractivity contribution in [1.29, 1.82) is 0 Å². The molecule has 0 bridgehead atoms. The lowest BCUT2D eigenvalue weighted by Gasteiger charge is -2.04. The number of carboxylic acid groups (broad SMARTS) is 1. The van der Waals surface area contributed by atoms with E-state index in [0.717, 1.165) is 0 Å². The summed E-state index contributed by atoms with van der Waals surface area (Å²) in [5, 5.41) is 15.1. The Morgan fingerprint density at radius 3 is 2.80 bits per heavy atom. The number of nitrogens with two attached hydrogens (primary N) is 1. The maximum atomic E-state index is 12.0. The van der Waals surface area contributed by atoms with E-state index in [0.29, 0.717) is 21.4 Å². The number of rotatable bonds is 4. The molecule has 1 amide bonds. The van der Waals surface area contributed by atoms with Gasteiger partial charge >= 0.3 is 5.97 Å². The Morgan fingerprint density at radius 1 is 1.40 bits per heavy atom. The van der Waals surface area contributed by atoms with Crippen LogP contribution in [0.4, 0.5) is 11.4 Å². The van der Waals surface area contributed by atoms with Gasteiger partial charge in [0.1, 0.15) is 6.54 Å². The molecule has 104 valence electrons. The Morgan fingerprint density at radius 2 is 2.15 bits per heavy atom. The first-order valence-corrected chi connectivity index (χ1v) is 6.35. The number of carbonyl (C=O) groups excluding carboxylic acids is 1. The highest BCUT2D eigenvalue weighted by Crippen LogP contribution is 2.18. The van der Waals surface area contributed by atoms with Gasteiger partial charge in [-0.3, -0.25) is 14.3 Å². The molecule has 8 heteroatoms. The second kappa shape index (κ2) is 5.74. The summed E-state index contributed by atoms with van der Waals surface area (Å²) in [6.07, 6.45) is 2.82. The van der Waals surface area contributed by atoms with Crippen LogP contribution in [0.3, 0.4) is 0 Å². The molecular weight excluding hydrogens is 328 g/mol. The topological polar surface area (TPSA) is 110 Å². The fourth-order valence-electron chi connectivity index (χ4n) is 1.60. The highest BCUT2D eigenvalue weighted by molar-refractivity contribution is 9.10. The number of anilines is 2. The summed E-state index contributed by atoms with van der Waals surface area (Å²) in [6, 6.07) is 4.86. The van der Waals surface area contributed by atoms with Crippen molar-refractivity contribution in [2.45, 2.75) is 6.54 Å². The largest absolute Gasteiger partial charge is 0.480 e. The van der Waals surface area contributed by atoms with Gasteiger partial charge in [-0.25, -0.2) is 0 Å². The molecule has 20 heavy (non-hydrogen) atoms. The van der Waals surface area contributed by atoms with E-state index in [1.165, 1.54) is 17.1 Å². The van der Waals surface area contributed by atoms with Crippen molar-refractivity contribution >= 4 is 39.2 Å². The van der Waals surface area contributed by atoms with E-state index in [2.05, 4.69) is 26.3 Å². The standard InChI is InChI=1S/C12H11BrN4O3/c13-8-1-7(2-9(14)3-8)12(20)16-10-4-15-17(5-10)6-11(18)19/h1-5H,6,14H2,(H,16,20)(H,18,19). The normalized spacial score (nSPS) is 10.2. The minimum atomic E-state index is -1.01. The molecule has 2 aromatic rings. The maximum Gasteiger partial charge on any atom is 0.325 e. The fraction of sp³-hybridized carbons (Fsp3) is 0.0833. The van der Waals surface area contributed by atoms with Crippen LogP contribution in [0.25, 0.3) is 0 Å². The zero-order chi connectivity index (χ0) is 14.7. The third-order valence-electron chi connectivity index (χ3n) is 2.37. The lowest BCUT2D eigenvalue weighted by Crippen LogP contribution is -2.12. The number of carbonyl (C=O) groups is 2. The van der Waals surface area contributed by atoms with Crippen LogP contribution < -0.4 is 11.1 Å². The highest BCUT2D eigenvalue weighted by atomic mass is 79.9. The number of benzene rings is 1. The molecule has 1 aromatic heterocycles. The fourth-order valence-corrected chi connectivity index (χ4v) is 2.11. The maximum absolute atomic E-state index is 12.0. The van der Waals surface area contributed by atoms with Gasteiger partial charge < -0.3 is 16.2 Å². The average molecular weight is 339 g/mol. The molecule has 1 aromatic carbocycles. The van der Waals surface area contributed by atoms with Crippen molar-refractivity contribution in [3.8, 4) is 0 Å². The summed E-state index contributed by atoms with van der Waals surface area (Å²) in [4.78, 5) is 22.5. The van der Waals surface area contributed by atoms with Gasteiger partial charge in [-0.2, -0.15) is 5.10 Å². The molecule has 0 spiro atoms. The van der Waals surface area contributed by atoms with Crippen LogP contribution in [0.5, 0.6) is 0 Å². The van der Waals surface area contributed by atoms with Crippen molar-refractivity contribution < 1.29 is 14.7 Å². The molecule has 0 aliphatic heterocycles. The smallest absolute Gasteiger partial charge is 0.325 e. The van der Waals surface area contributed by atoms with Crippen molar-refractivity contribution in [1.82, 2.24) is 9.78 Å². The van der Waals surface area contributed by atoms with E-state index in [1.807, 2.05) is 0 Å². The van der Waals surface area contributed by atoms with E-state index < -0.39 is 5.97 Å². The summed E-state index contributed by atoms with van der Waals surface area (Å²) in [5.41, 5.74) is 6.93. The first-order chi connectivity index (χ1) is 9.44. The molecule has 7 nitrogen and oxygen atoms in total. The van der Waals surface area contributed by atoms with Gasteiger partial charge in [0.05, 0.1) is 11.9 Å². The summed E-state index contributed by atoms with van der Waals surface area (Å²) in [5.74, 6) is -1.36. The van der Waals surface area contributed by atoms with Crippen LogP contribution in [0.1, 0.15) is 10.4 Å². The van der Waals surface area contributed by atoms with E-state index in [9.17, 15) is 9.59 Å². The van der Waals surface area contributed by atoms with E-state index in [1.54, 1.807) is 18.2 Å². The number of nitrogen functional groups attached to an aromatic ring is 1. The van der Waals surface area contributed by atoms with Crippen LogP contribution in [-0.2, 0) is 11.3 Å². The molecular formula is C12H11BrN4O3. The predicted octanol–water partition coefficient (Wildman–Crippen LogP) is 1.56. The number of aliphatic carboxylic acids is 1. The van der Waals surface area contributed by atoms with Crippen LogP contribution in [0.2, 0.25) is 0 Å². The van der Waals surface area contributed by atoms with E-state index in [4.69, 9.17) is 10.8 Å². The minimum Gasteiger partial charge on any atom is -0.480 e. The van der Waals surface area contributed by atoms with Gasteiger partial charge in [0.15, 0.2) is 0 Å². The lowest BCUT2D eigenvalue weighted by atomic mass is 10.2. The second-order valence-corrected chi connectivity index (χ2v) is 4.96. The summed E-state index contributed by atoms with van der Waals surface area (Å²) >= 11 is 3.26. The van der Waals surface area contributed by atoms with Crippen molar-refractivity contribution in [2.75, 3.05) is 11.1 Å². The van der Waals surface area contributed by atoms with E-state index >= 15 is 0 Å². The first-order valence-electron chi connectivity index (χ1n) is 5.56. The van der Waals surface area contributed by atoms with Crippen LogP contribution in [-0.4, -0.2) is 26.8 Å². The first kappa shape index (κ1) is 14.1. The number of nitrogens with one attached hydrogen (secondary N) is 1. The zero-order valence-electron chi connectivity index (χ0n) is 10.2.